The number of aryl methyl sites for hydroxylation is 4. The SMILES string of the molecule is CCCCCc1cc(C)c2c(c1)C=[N+]1C(C)(C)C[N+]3=Cc4cc(CCCC[As](c5ccccc5)(c5ccccc5)c5ccccc5)cc(C)c4OC31O2. The number of hydrogen-bond donors (Lipinski definition) is 0. The monoisotopic (exact) mass is 765 g/mol. The van der Waals surface area contributed by atoms with Gasteiger partial charge in [-0.3, -0.25) is 0 Å². The van der Waals surface area contributed by atoms with Crippen molar-refractivity contribution in [3.63, 3.8) is 0 Å². The van der Waals surface area contributed by atoms with Crippen LogP contribution >= 0.6 is 0 Å². The summed E-state index contributed by atoms with van der Waals surface area (Å²) in [4.78, 5) is 0. The van der Waals surface area contributed by atoms with Gasteiger partial charge in [-0.25, -0.2) is 0 Å². The molecule has 1 saturated heterocycles. The van der Waals surface area contributed by atoms with E-state index in [0.717, 1.165) is 54.0 Å². The van der Waals surface area contributed by atoms with E-state index in [1.54, 1.807) is 0 Å². The van der Waals surface area contributed by atoms with Gasteiger partial charge < -0.3 is 0 Å². The molecule has 1 unspecified atom stereocenters. The molecule has 1 fully saturated rings. The van der Waals surface area contributed by atoms with Crippen LogP contribution in [-0.2, 0) is 12.8 Å². The van der Waals surface area contributed by atoms with Gasteiger partial charge in [0.1, 0.15) is 0 Å². The van der Waals surface area contributed by atoms with Crippen molar-refractivity contribution in [3.8, 4) is 11.5 Å². The second kappa shape index (κ2) is 14.4. The number of ether oxygens (including phenoxy) is 2. The molecular weight excluding hydrogens is 711 g/mol. The molecule has 271 valence electrons. The van der Waals surface area contributed by atoms with Crippen molar-refractivity contribution < 1.29 is 18.6 Å². The molecule has 1 radical (unpaired) electrons. The fraction of sp³-hybridized carbons (Fsp3) is 0.333. The average molecular weight is 766 g/mol. The molecule has 0 aromatic heterocycles. The Morgan fingerprint density at radius 1 is 0.604 bits per heavy atom. The molecule has 3 aliphatic heterocycles. The van der Waals surface area contributed by atoms with E-state index < -0.39 is 19.6 Å². The zero-order valence-corrected chi connectivity index (χ0v) is 34.0. The van der Waals surface area contributed by atoms with Gasteiger partial charge in [0.05, 0.1) is 5.56 Å². The minimum absolute atomic E-state index is 0.188. The molecule has 4 nitrogen and oxygen atoms in total. The van der Waals surface area contributed by atoms with E-state index in [1.165, 1.54) is 60.6 Å². The summed E-state index contributed by atoms with van der Waals surface area (Å²) in [5.41, 5.74) is 7.20. The maximum absolute atomic E-state index is 7.08. The number of rotatable bonds is 12. The normalized spacial score (nSPS) is 18.1. The molecule has 0 amide bonds. The first-order valence-electron chi connectivity index (χ1n) is 19.7. The molecule has 3 aliphatic rings. The van der Waals surface area contributed by atoms with E-state index in [4.69, 9.17) is 9.47 Å². The molecule has 5 aromatic carbocycles. The first kappa shape index (κ1) is 35.6. The molecule has 1 spiro atoms. The van der Waals surface area contributed by atoms with Gasteiger partial charge in [0, 0.05) is 0 Å². The third-order valence-electron chi connectivity index (χ3n) is 11.5. The molecule has 0 saturated carbocycles. The van der Waals surface area contributed by atoms with Crippen molar-refractivity contribution in [3.05, 3.63) is 149 Å². The maximum atomic E-state index is 7.08. The topological polar surface area (TPSA) is 24.5 Å². The van der Waals surface area contributed by atoms with Crippen molar-refractivity contribution >= 4 is 39.0 Å². The van der Waals surface area contributed by atoms with Crippen LogP contribution in [0.25, 0.3) is 0 Å². The van der Waals surface area contributed by atoms with Crippen LogP contribution < -0.4 is 22.5 Å². The fourth-order valence-corrected chi connectivity index (χ4v) is 18.2. The van der Waals surface area contributed by atoms with Gasteiger partial charge in [-0.1, -0.05) is 25.8 Å². The summed E-state index contributed by atoms with van der Waals surface area (Å²) in [5, 5.41) is 1.20. The Morgan fingerprint density at radius 3 is 1.57 bits per heavy atom. The Morgan fingerprint density at radius 2 is 1.08 bits per heavy atom. The predicted octanol–water partition coefficient (Wildman–Crippen LogP) is 8.28. The molecule has 0 aliphatic carbocycles. The van der Waals surface area contributed by atoms with Gasteiger partial charge in [0.2, 0.25) is 0 Å². The third kappa shape index (κ3) is 6.48. The summed E-state index contributed by atoms with van der Waals surface area (Å²) in [6, 6.07) is 42.3. The van der Waals surface area contributed by atoms with Gasteiger partial charge in [-0.05, 0) is 37.0 Å². The zero-order valence-electron chi connectivity index (χ0n) is 32.1. The molecule has 0 bridgehead atoms. The van der Waals surface area contributed by atoms with Gasteiger partial charge >= 0.3 is 252 Å². The van der Waals surface area contributed by atoms with Crippen LogP contribution in [0, 0.1) is 13.8 Å². The van der Waals surface area contributed by atoms with Crippen molar-refractivity contribution in [2.75, 3.05) is 6.54 Å². The third-order valence-corrected chi connectivity index (χ3v) is 21.0. The van der Waals surface area contributed by atoms with Gasteiger partial charge in [0.25, 0.3) is 0 Å². The summed E-state index contributed by atoms with van der Waals surface area (Å²) in [5.74, 6) is 1.85. The van der Waals surface area contributed by atoms with Crippen LogP contribution in [0.3, 0.4) is 0 Å². The Labute approximate surface area is 319 Å². The van der Waals surface area contributed by atoms with Gasteiger partial charge in [-0.15, -0.1) is 0 Å². The van der Waals surface area contributed by atoms with Crippen molar-refractivity contribution in [1.29, 1.82) is 0 Å². The van der Waals surface area contributed by atoms with Gasteiger partial charge in [-0.2, -0.15) is 0 Å². The Hall–Kier alpha value is -4.40. The van der Waals surface area contributed by atoms with Crippen LogP contribution in [0.4, 0.5) is 0 Å². The van der Waals surface area contributed by atoms with Crippen molar-refractivity contribution in [2.45, 2.75) is 96.3 Å². The molecular formula is C48H54AsN2O2+2. The van der Waals surface area contributed by atoms with Crippen LogP contribution in [0.2, 0.25) is 5.21 Å². The number of hydrogen-bond acceptors (Lipinski definition) is 2. The number of benzene rings is 5. The molecule has 5 aromatic rings. The molecule has 5 heteroatoms. The van der Waals surface area contributed by atoms with Crippen LogP contribution in [0.1, 0.15) is 86.3 Å². The van der Waals surface area contributed by atoms with Crippen molar-refractivity contribution in [1.82, 2.24) is 0 Å². The summed E-state index contributed by atoms with van der Waals surface area (Å²) in [7, 11) is 0. The quantitative estimate of drug-likeness (QED) is 0.0726. The summed E-state index contributed by atoms with van der Waals surface area (Å²) >= 11 is -2.72. The summed E-state index contributed by atoms with van der Waals surface area (Å²) in [6.07, 6.45) is 12.7. The summed E-state index contributed by atoms with van der Waals surface area (Å²) in [6.45, 7) is 12.0. The zero-order chi connectivity index (χ0) is 36.6. The Kier molecular flexibility index (Phi) is 9.71. The first-order chi connectivity index (χ1) is 25.7. The Balaban J connectivity index is 1.05. The predicted molar refractivity (Wildman–Crippen MR) is 221 cm³/mol. The van der Waals surface area contributed by atoms with E-state index in [2.05, 4.69) is 171 Å². The molecule has 53 heavy (non-hydrogen) atoms. The second-order valence-corrected chi connectivity index (χ2v) is 23.5. The van der Waals surface area contributed by atoms with E-state index in [9.17, 15) is 0 Å². The fourth-order valence-electron chi connectivity index (χ4n) is 8.96. The second-order valence-electron chi connectivity index (χ2n) is 15.9. The number of nitrogens with zero attached hydrogens (tertiary/aromatic N) is 2. The standard InChI is InChI=1S/C48H54AsN2O2/c1-6-7-11-20-38-30-37(3)46-41(32-38)34-51-47(4,5)35-50-33-40-31-39(29-36(2)45(40)52-48(50,51)53-46)21-18-19-28-49(42-22-12-8-13-23-42,43-24-14-9-15-25-43)44-26-16-10-17-27-44/h8-10,12-17,22-27,29-34H,6-7,11,18-21,28,35H2,1-5H3/q+2. The van der Waals surface area contributed by atoms with E-state index in [1.807, 2.05) is 0 Å². The van der Waals surface area contributed by atoms with E-state index >= 15 is 0 Å². The minimum atomic E-state index is -2.72. The van der Waals surface area contributed by atoms with Crippen molar-refractivity contribution in [2.24, 2.45) is 0 Å². The van der Waals surface area contributed by atoms with Crippen LogP contribution in [0.15, 0.2) is 115 Å². The van der Waals surface area contributed by atoms with Crippen LogP contribution in [-0.4, -0.2) is 53.2 Å². The first-order valence-corrected chi connectivity index (χ1v) is 23.8. The number of fused-ring (bicyclic) bond motifs is 2. The molecule has 3 heterocycles. The molecule has 8 rings (SSSR count). The van der Waals surface area contributed by atoms with E-state index in [0.29, 0.717) is 0 Å². The van der Waals surface area contributed by atoms with Crippen LogP contribution in [0.5, 0.6) is 11.5 Å². The molecule has 1 atom stereocenters. The Bertz CT molecular complexity index is 2080. The molecule has 0 N–H and O–H groups in total. The van der Waals surface area contributed by atoms with Gasteiger partial charge in [0.15, 0.2) is 0 Å². The van der Waals surface area contributed by atoms with E-state index in [-0.39, 0.29) is 5.54 Å². The number of unbranched alkanes of at least 4 members (excludes halogenated alkanes) is 3. The summed E-state index contributed by atoms with van der Waals surface area (Å²) < 4.78 is 23.3. The average Bonchev–Trinajstić information content (AvgIpc) is 3.39.